The molecule has 4 heteroatoms. The van der Waals surface area contributed by atoms with Crippen LogP contribution in [0, 0.1) is 0 Å². The van der Waals surface area contributed by atoms with E-state index in [9.17, 15) is 4.79 Å². The highest BCUT2D eigenvalue weighted by molar-refractivity contribution is 5.80. The first-order valence-electron chi connectivity index (χ1n) is 4.25. The first kappa shape index (κ1) is 9.48. The van der Waals surface area contributed by atoms with E-state index >= 15 is 0 Å². The predicted molar refractivity (Wildman–Crippen MR) is 45.6 cm³/mol. The SMILES string of the molecule is CC(C)N1CCOCC1C(N)=O. The number of nitrogens with zero attached hydrogens (tertiary/aromatic N) is 1. The molecule has 12 heavy (non-hydrogen) atoms. The van der Waals surface area contributed by atoms with Crippen molar-refractivity contribution in [3.05, 3.63) is 0 Å². The molecule has 1 aliphatic heterocycles. The second kappa shape index (κ2) is 3.87. The van der Waals surface area contributed by atoms with Gasteiger partial charge in [-0.05, 0) is 13.8 Å². The van der Waals surface area contributed by atoms with Crippen LogP contribution in [0.25, 0.3) is 0 Å². The van der Waals surface area contributed by atoms with Crippen LogP contribution < -0.4 is 5.73 Å². The van der Waals surface area contributed by atoms with Gasteiger partial charge in [-0.3, -0.25) is 9.69 Å². The molecular formula is C8H16N2O2. The van der Waals surface area contributed by atoms with Gasteiger partial charge in [0, 0.05) is 12.6 Å². The third-order valence-electron chi connectivity index (χ3n) is 2.16. The lowest BCUT2D eigenvalue weighted by molar-refractivity contribution is -0.130. The summed E-state index contributed by atoms with van der Waals surface area (Å²) in [4.78, 5) is 13.0. The number of nitrogens with two attached hydrogens (primary N) is 1. The summed E-state index contributed by atoms with van der Waals surface area (Å²) in [5, 5.41) is 0. The molecule has 0 aliphatic carbocycles. The third-order valence-corrected chi connectivity index (χ3v) is 2.16. The number of carbonyl (C=O) groups is 1. The maximum absolute atomic E-state index is 11.0. The molecular weight excluding hydrogens is 156 g/mol. The zero-order chi connectivity index (χ0) is 9.14. The summed E-state index contributed by atoms with van der Waals surface area (Å²) in [7, 11) is 0. The highest BCUT2D eigenvalue weighted by Gasteiger charge is 2.28. The summed E-state index contributed by atoms with van der Waals surface area (Å²) in [6.45, 7) is 6.04. The molecule has 0 radical (unpaired) electrons. The Labute approximate surface area is 72.7 Å². The topological polar surface area (TPSA) is 55.6 Å². The average Bonchev–Trinajstić information content (AvgIpc) is 2.04. The minimum atomic E-state index is -0.289. The van der Waals surface area contributed by atoms with Crippen molar-refractivity contribution in [1.82, 2.24) is 4.90 Å². The monoisotopic (exact) mass is 172 g/mol. The molecule has 1 unspecified atom stereocenters. The summed E-state index contributed by atoms with van der Waals surface area (Å²) in [6, 6.07) is 0.116. The summed E-state index contributed by atoms with van der Waals surface area (Å²) in [5.74, 6) is -0.289. The molecule has 0 aromatic rings. The maximum atomic E-state index is 11.0. The van der Waals surface area contributed by atoms with Crippen LogP contribution in [-0.4, -0.2) is 42.6 Å². The van der Waals surface area contributed by atoms with E-state index in [1.165, 1.54) is 0 Å². The number of carbonyl (C=O) groups excluding carboxylic acids is 1. The Balaban J connectivity index is 2.60. The summed E-state index contributed by atoms with van der Waals surface area (Å²) >= 11 is 0. The van der Waals surface area contributed by atoms with E-state index in [1.54, 1.807) is 0 Å². The van der Waals surface area contributed by atoms with E-state index in [-0.39, 0.29) is 11.9 Å². The maximum Gasteiger partial charge on any atom is 0.237 e. The van der Waals surface area contributed by atoms with Gasteiger partial charge in [0.25, 0.3) is 0 Å². The zero-order valence-electron chi connectivity index (χ0n) is 7.62. The van der Waals surface area contributed by atoms with Crippen LogP contribution in [-0.2, 0) is 9.53 Å². The quantitative estimate of drug-likeness (QED) is 0.615. The Hall–Kier alpha value is -0.610. The van der Waals surface area contributed by atoms with E-state index in [1.807, 2.05) is 0 Å². The molecule has 1 atom stereocenters. The Morgan fingerprint density at radius 1 is 1.67 bits per heavy atom. The molecule has 2 N–H and O–H groups in total. The molecule has 4 nitrogen and oxygen atoms in total. The molecule has 1 amide bonds. The average molecular weight is 172 g/mol. The van der Waals surface area contributed by atoms with Gasteiger partial charge in [-0.15, -0.1) is 0 Å². The highest BCUT2D eigenvalue weighted by Crippen LogP contribution is 2.09. The van der Waals surface area contributed by atoms with Gasteiger partial charge in [-0.25, -0.2) is 0 Å². The standard InChI is InChI=1S/C8H16N2O2/c1-6(2)10-3-4-12-5-7(10)8(9)11/h6-7H,3-5H2,1-2H3,(H2,9,11). The number of ether oxygens (including phenoxy) is 1. The van der Waals surface area contributed by atoms with Gasteiger partial charge in [0.05, 0.1) is 13.2 Å². The molecule has 1 fully saturated rings. The number of hydrogen-bond donors (Lipinski definition) is 1. The Morgan fingerprint density at radius 3 is 2.75 bits per heavy atom. The fourth-order valence-corrected chi connectivity index (χ4v) is 1.48. The first-order chi connectivity index (χ1) is 5.63. The molecule has 70 valence electrons. The lowest BCUT2D eigenvalue weighted by Crippen LogP contribution is -2.54. The lowest BCUT2D eigenvalue weighted by Gasteiger charge is -2.36. The van der Waals surface area contributed by atoms with Gasteiger partial charge in [-0.2, -0.15) is 0 Å². The summed E-state index contributed by atoms with van der Waals surface area (Å²) in [6.07, 6.45) is 0. The molecule has 1 rings (SSSR count). The number of morpholine rings is 1. The molecule has 0 aromatic heterocycles. The molecule has 1 heterocycles. The van der Waals surface area contributed by atoms with Crippen molar-refractivity contribution in [2.24, 2.45) is 5.73 Å². The largest absolute Gasteiger partial charge is 0.378 e. The van der Waals surface area contributed by atoms with Crippen LogP contribution >= 0.6 is 0 Å². The number of rotatable bonds is 2. The Kier molecular flexibility index (Phi) is 3.05. The second-order valence-corrected chi connectivity index (χ2v) is 3.32. The van der Waals surface area contributed by atoms with Crippen LogP contribution in [0.15, 0.2) is 0 Å². The van der Waals surface area contributed by atoms with Gasteiger partial charge in [0.2, 0.25) is 5.91 Å². The minimum absolute atomic E-state index is 0.237. The van der Waals surface area contributed by atoms with Gasteiger partial charge in [0.15, 0.2) is 0 Å². The first-order valence-corrected chi connectivity index (χ1v) is 4.25. The fourth-order valence-electron chi connectivity index (χ4n) is 1.48. The molecule has 0 bridgehead atoms. The van der Waals surface area contributed by atoms with E-state index in [2.05, 4.69) is 18.7 Å². The van der Waals surface area contributed by atoms with Crippen molar-refractivity contribution >= 4 is 5.91 Å². The molecule has 1 aliphatic rings. The lowest BCUT2D eigenvalue weighted by atomic mass is 10.1. The van der Waals surface area contributed by atoms with E-state index in [0.717, 1.165) is 6.54 Å². The summed E-state index contributed by atoms with van der Waals surface area (Å²) in [5.41, 5.74) is 5.23. The van der Waals surface area contributed by atoms with Gasteiger partial charge in [-0.1, -0.05) is 0 Å². The number of primary amides is 1. The van der Waals surface area contributed by atoms with Crippen molar-refractivity contribution in [2.45, 2.75) is 25.9 Å². The van der Waals surface area contributed by atoms with Gasteiger partial charge < -0.3 is 10.5 Å². The van der Waals surface area contributed by atoms with Crippen LogP contribution in [0.1, 0.15) is 13.8 Å². The molecule has 0 aromatic carbocycles. The molecule has 1 saturated heterocycles. The normalized spacial score (nSPS) is 26.1. The predicted octanol–water partition coefficient (Wildman–Crippen LogP) is -0.419. The Morgan fingerprint density at radius 2 is 2.33 bits per heavy atom. The van der Waals surface area contributed by atoms with Crippen molar-refractivity contribution in [3.63, 3.8) is 0 Å². The number of hydrogen-bond acceptors (Lipinski definition) is 3. The third kappa shape index (κ3) is 1.95. The minimum Gasteiger partial charge on any atom is -0.378 e. The van der Waals surface area contributed by atoms with Crippen LogP contribution in [0.5, 0.6) is 0 Å². The van der Waals surface area contributed by atoms with E-state index in [4.69, 9.17) is 10.5 Å². The Bertz CT molecular complexity index is 170. The zero-order valence-corrected chi connectivity index (χ0v) is 7.62. The van der Waals surface area contributed by atoms with E-state index < -0.39 is 0 Å². The van der Waals surface area contributed by atoms with Crippen LogP contribution in [0.2, 0.25) is 0 Å². The smallest absolute Gasteiger partial charge is 0.237 e. The van der Waals surface area contributed by atoms with Crippen molar-refractivity contribution in [1.29, 1.82) is 0 Å². The second-order valence-electron chi connectivity index (χ2n) is 3.32. The molecule has 0 spiro atoms. The van der Waals surface area contributed by atoms with Crippen molar-refractivity contribution in [3.8, 4) is 0 Å². The summed E-state index contributed by atoms with van der Waals surface area (Å²) < 4.78 is 5.18. The number of amides is 1. The van der Waals surface area contributed by atoms with Crippen LogP contribution in [0.3, 0.4) is 0 Å². The fraction of sp³-hybridized carbons (Fsp3) is 0.875. The van der Waals surface area contributed by atoms with Crippen molar-refractivity contribution in [2.75, 3.05) is 19.8 Å². The van der Waals surface area contributed by atoms with Crippen molar-refractivity contribution < 1.29 is 9.53 Å². The van der Waals surface area contributed by atoms with Crippen LogP contribution in [0.4, 0.5) is 0 Å². The highest BCUT2D eigenvalue weighted by atomic mass is 16.5. The van der Waals surface area contributed by atoms with E-state index in [0.29, 0.717) is 19.3 Å². The molecule has 0 saturated carbocycles. The van der Waals surface area contributed by atoms with Gasteiger partial charge in [0.1, 0.15) is 6.04 Å². The van der Waals surface area contributed by atoms with Gasteiger partial charge >= 0.3 is 0 Å².